The van der Waals surface area contributed by atoms with Crippen molar-refractivity contribution in [2.75, 3.05) is 14.2 Å². The van der Waals surface area contributed by atoms with Crippen LogP contribution in [0.4, 0.5) is 0 Å². The lowest BCUT2D eigenvalue weighted by atomic mass is 9.73. The third kappa shape index (κ3) is 3.64. The Hall–Kier alpha value is -0.940. The Morgan fingerprint density at radius 3 is 3.00 bits per heavy atom. The first-order valence-corrected chi connectivity index (χ1v) is 8.24. The Balaban J connectivity index is 2.15. The van der Waals surface area contributed by atoms with E-state index in [1.54, 1.807) is 6.33 Å². The van der Waals surface area contributed by atoms with E-state index in [0.29, 0.717) is 0 Å². The van der Waals surface area contributed by atoms with E-state index in [1.165, 1.54) is 12.8 Å². The van der Waals surface area contributed by atoms with Gasteiger partial charge in [-0.25, -0.2) is 4.98 Å². The standard InChI is InChI=1S/C16H30N4O/c1-5-9-20-15(18-12-19-20)10-14(17-3)16(21-4)8-6-7-13(2)11-16/h12-14,17H,5-11H2,1-4H3. The van der Waals surface area contributed by atoms with Gasteiger partial charge in [0.15, 0.2) is 0 Å². The molecule has 5 heteroatoms. The third-order valence-electron chi connectivity index (χ3n) is 4.90. The number of likely N-dealkylation sites (N-methyl/N-ethyl adjacent to an activating group) is 1. The number of rotatable bonds is 7. The van der Waals surface area contributed by atoms with Gasteiger partial charge in [0.05, 0.1) is 5.60 Å². The van der Waals surface area contributed by atoms with Gasteiger partial charge in [0.2, 0.25) is 0 Å². The third-order valence-corrected chi connectivity index (χ3v) is 4.90. The molecule has 3 unspecified atom stereocenters. The van der Waals surface area contributed by atoms with Crippen LogP contribution in [0.5, 0.6) is 0 Å². The first kappa shape index (κ1) is 16.4. The van der Waals surface area contributed by atoms with E-state index in [9.17, 15) is 0 Å². The molecule has 1 saturated carbocycles. The van der Waals surface area contributed by atoms with Crippen LogP contribution < -0.4 is 5.32 Å². The predicted molar refractivity (Wildman–Crippen MR) is 84.2 cm³/mol. The highest BCUT2D eigenvalue weighted by atomic mass is 16.5. The highest BCUT2D eigenvalue weighted by Crippen LogP contribution is 2.38. The second kappa shape index (κ2) is 7.36. The van der Waals surface area contributed by atoms with Gasteiger partial charge in [0, 0.05) is 26.1 Å². The van der Waals surface area contributed by atoms with Gasteiger partial charge in [-0.15, -0.1) is 0 Å². The summed E-state index contributed by atoms with van der Waals surface area (Å²) in [6, 6.07) is 0.282. The van der Waals surface area contributed by atoms with E-state index in [4.69, 9.17) is 4.74 Å². The Morgan fingerprint density at radius 1 is 1.57 bits per heavy atom. The lowest BCUT2D eigenvalue weighted by Crippen LogP contribution is -2.54. The zero-order valence-corrected chi connectivity index (χ0v) is 13.9. The fourth-order valence-corrected chi connectivity index (χ4v) is 3.77. The largest absolute Gasteiger partial charge is 0.377 e. The average molecular weight is 294 g/mol. The molecule has 1 aromatic rings. The zero-order chi connectivity index (χ0) is 15.3. The summed E-state index contributed by atoms with van der Waals surface area (Å²) >= 11 is 0. The van der Waals surface area contributed by atoms with Crippen molar-refractivity contribution in [3.63, 3.8) is 0 Å². The van der Waals surface area contributed by atoms with Crippen molar-refractivity contribution in [1.29, 1.82) is 0 Å². The second-order valence-electron chi connectivity index (χ2n) is 6.42. The molecule has 1 aliphatic rings. The molecule has 0 bridgehead atoms. The van der Waals surface area contributed by atoms with E-state index in [2.05, 4.69) is 29.2 Å². The number of aryl methyl sites for hydroxylation is 1. The molecule has 1 heterocycles. The van der Waals surface area contributed by atoms with Crippen molar-refractivity contribution < 1.29 is 4.74 Å². The van der Waals surface area contributed by atoms with Crippen LogP contribution in [0.15, 0.2) is 6.33 Å². The molecule has 21 heavy (non-hydrogen) atoms. The topological polar surface area (TPSA) is 52.0 Å². The Kier molecular flexibility index (Phi) is 5.76. The van der Waals surface area contributed by atoms with Gasteiger partial charge in [-0.2, -0.15) is 5.10 Å². The molecule has 0 saturated heterocycles. The number of hydrogen-bond acceptors (Lipinski definition) is 4. The summed E-state index contributed by atoms with van der Waals surface area (Å²) in [5.41, 5.74) is -0.0740. The van der Waals surface area contributed by atoms with Crippen LogP contribution in [-0.4, -0.2) is 40.6 Å². The molecule has 0 amide bonds. The van der Waals surface area contributed by atoms with E-state index < -0.39 is 0 Å². The molecule has 3 atom stereocenters. The molecular weight excluding hydrogens is 264 g/mol. The minimum atomic E-state index is -0.0740. The Bertz CT molecular complexity index is 434. The lowest BCUT2D eigenvalue weighted by Gasteiger charge is -2.44. The molecule has 0 aliphatic heterocycles. The highest BCUT2D eigenvalue weighted by Gasteiger charge is 2.42. The number of hydrogen-bond donors (Lipinski definition) is 1. The smallest absolute Gasteiger partial charge is 0.138 e. The van der Waals surface area contributed by atoms with E-state index in [1.807, 2.05) is 18.8 Å². The summed E-state index contributed by atoms with van der Waals surface area (Å²) in [6.45, 7) is 5.43. The zero-order valence-electron chi connectivity index (χ0n) is 13.9. The van der Waals surface area contributed by atoms with Gasteiger partial charge in [0.1, 0.15) is 12.2 Å². The first-order valence-electron chi connectivity index (χ1n) is 8.24. The molecule has 1 aliphatic carbocycles. The van der Waals surface area contributed by atoms with Gasteiger partial charge in [-0.1, -0.05) is 26.7 Å². The van der Waals surface area contributed by atoms with Crippen molar-refractivity contribution in [3.8, 4) is 0 Å². The van der Waals surface area contributed by atoms with Gasteiger partial charge in [-0.3, -0.25) is 4.68 Å². The maximum atomic E-state index is 6.03. The van der Waals surface area contributed by atoms with Gasteiger partial charge >= 0.3 is 0 Å². The molecule has 0 aromatic carbocycles. The summed E-state index contributed by atoms with van der Waals surface area (Å²) in [4.78, 5) is 4.46. The van der Waals surface area contributed by atoms with E-state index >= 15 is 0 Å². The van der Waals surface area contributed by atoms with Crippen LogP contribution in [0.3, 0.4) is 0 Å². The maximum absolute atomic E-state index is 6.03. The summed E-state index contributed by atoms with van der Waals surface area (Å²) in [5, 5.41) is 7.82. The van der Waals surface area contributed by atoms with Crippen LogP contribution >= 0.6 is 0 Å². The molecule has 5 nitrogen and oxygen atoms in total. The van der Waals surface area contributed by atoms with Crippen molar-refractivity contribution >= 4 is 0 Å². The molecule has 120 valence electrons. The lowest BCUT2D eigenvalue weighted by molar-refractivity contribution is -0.0780. The van der Waals surface area contributed by atoms with Crippen molar-refractivity contribution in [3.05, 3.63) is 12.2 Å². The van der Waals surface area contributed by atoms with Crippen molar-refractivity contribution in [1.82, 2.24) is 20.1 Å². The van der Waals surface area contributed by atoms with Crippen LogP contribution in [0.2, 0.25) is 0 Å². The molecular formula is C16H30N4O. The van der Waals surface area contributed by atoms with Crippen molar-refractivity contribution in [2.45, 2.75) is 70.6 Å². The number of nitrogens with one attached hydrogen (secondary N) is 1. The molecule has 2 rings (SSSR count). The molecule has 0 radical (unpaired) electrons. The maximum Gasteiger partial charge on any atom is 0.138 e. The number of methoxy groups -OCH3 is 1. The average Bonchev–Trinajstić information content (AvgIpc) is 2.92. The molecule has 0 spiro atoms. The van der Waals surface area contributed by atoms with E-state index in [0.717, 1.165) is 44.0 Å². The van der Waals surface area contributed by atoms with Crippen molar-refractivity contribution in [2.24, 2.45) is 5.92 Å². The van der Waals surface area contributed by atoms with Gasteiger partial charge in [0.25, 0.3) is 0 Å². The van der Waals surface area contributed by atoms with Crippen LogP contribution in [0, 0.1) is 5.92 Å². The SMILES string of the molecule is CCCn1ncnc1CC(NC)C1(OC)CCCC(C)C1. The second-order valence-corrected chi connectivity index (χ2v) is 6.42. The van der Waals surface area contributed by atoms with Crippen LogP contribution in [0.25, 0.3) is 0 Å². The van der Waals surface area contributed by atoms with Gasteiger partial charge < -0.3 is 10.1 Å². The normalized spacial score (nSPS) is 27.7. The monoisotopic (exact) mass is 294 g/mol. The number of ether oxygens (including phenoxy) is 1. The quantitative estimate of drug-likeness (QED) is 0.839. The summed E-state index contributed by atoms with van der Waals surface area (Å²) in [5.74, 6) is 1.79. The Morgan fingerprint density at radius 2 is 2.38 bits per heavy atom. The minimum Gasteiger partial charge on any atom is -0.377 e. The number of nitrogens with zero attached hydrogens (tertiary/aromatic N) is 3. The highest BCUT2D eigenvalue weighted by molar-refractivity contribution is 5.02. The number of aromatic nitrogens is 3. The summed E-state index contributed by atoms with van der Waals surface area (Å²) in [7, 11) is 3.89. The molecule has 1 aromatic heterocycles. The van der Waals surface area contributed by atoms with Crippen LogP contribution in [0.1, 0.15) is 51.8 Å². The summed E-state index contributed by atoms with van der Waals surface area (Å²) in [6.07, 6.45) is 8.42. The molecule has 1 N–H and O–H groups in total. The Labute approximate surface area is 128 Å². The molecule has 1 fully saturated rings. The first-order chi connectivity index (χ1) is 10.1. The van der Waals surface area contributed by atoms with E-state index in [-0.39, 0.29) is 11.6 Å². The van der Waals surface area contributed by atoms with Crippen LogP contribution in [-0.2, 0) is 17.7 Å². The predicted octanol–water partition coefficient (Wildman–Crippen LogP) is 2.41. The fourth-order valence-electron chi connectivity index (χ4n) is 3.77. The fraction of sp³-hybridized carbons (Fsp3) is 0.875. The summed E-state index contributed by atoms with van der Waals surface area (Å²) < 4.78 is 8.06. The van der Waals surface area contributed by atoms with Gasteiger partial charge in [-0.05, 0) is 32.2 Å². The minimum absolute atomic E-state index is 0.0740.